The molecule has 1 aromatic carbocycles. The number of carbonyl (C=O) groups excluding carboxylic acids is 1. The van der Waals surface area contributed by atoms with E-state index >= 15 is 0 Å². The Bertz CT molecular complexity index is 404. The number of halogens is 1. The molecule has 2 rings (SSSR count). The standard InChI is InChI=1S/C13H16BrNO2/c1-17-12-5-3-2-4-10(12)9-15(11-6-7-11)13(16)8-14/h2-5,11H,6-9H2,1H3. The van der Waals surface area contributed by atoms with E-state index in [2.05, 4.69) is 15.9 Å². The van der Waals surface area contributed by atoms with Crippen molar-refractivity contribution in [2.45, 2.75) is 25.4 Å². The van der Waals surface area contributed by atoms with Crippen LogP contribution in [0.5, 0.6) is 5.75 Å². The fourth-order valence-corrected chi connectivity index (χ4v) is 2.22. The van der Waals surface area contributed by atoms with Crippen LogP contribution in [0.25, 0.3) is 0 Å². The molecule has 0 aromatic heterocycles. The van der Waals surface area contributed by atoms with Crippen molar-refractivity contribution < 1.29 is 9.53 Å². The third kappa shape index (κ3) is 3.00. The van der Waals surface area contributed by atoms with Gasteiger partial charge in [-0.2, -0.15) is 0 Å². The van der Waals surface area contributed by atoms with Gasteiger partial charge >= 0.3 is 0 Å². The molecule has 0 saturated heterocycles. The Kier molecular flexibility index (Phi) is 4.05. The van der Waals surface area contributed by atoms with E-state index in [-0.39, 0.29) is 5.91 Å². The third-order valence-corrected chi connectivity index (χ3v) is 3.44. The lowest BCUT2D eigenvalue weighted by atomic mass is 10.2. The van der Waals surface area contributed by atoms with Gasteiger partial charge in [-0.25, -0.2) is 0 Å². The number of ether oxygens (including phenoxy) is 1. The van der Waals surface area contributed by atoms with E-state index in [0.29, 0.717) is 17.9 Å². The summed E-state index contributed by atoms with van der Waals surface area (Å²) < 4.78 is 5.31. The van der Waals surface area contributed by atoms with Crippen molar-refractivity contribution in [3.8, 4) is 5.75 Å². The van der Waals surface area contributed by atoms with Crippen LogP contribution in [0.2, 0.25) is 0 Å². The molecule has 0 atom stereocenters. The molecule has 0 N–H and O–H groups in total. The molecule has 1 aromatic rings. The summed E-state index contributed by atoms with van der Waals surface area (Å²) in [7, 11) is 1.66. The van der Waals surface area contributed by atoms with E-state index in [1.807, 2.05) is 29.2 Å². The minimum absolute atomic E-state index is 0.151. The van der Waals surface area contributed by atoms with Crippen molar-refractivity contribution in [3.05, 3.63) is 29.8 Å². The highest BCUT2D eigenvalue weighted by Crippen LogP contribution is 2.30. The van der Waals surface area contributed by atoms with Crippen molar-refractivity contribution in [2.24, 2.45) is 0 Å². The lowest BCUT2D eigenvalue weighted by Gasteiger charge is -2.22. The van der Waals surface area contributed by atoms with E-state index < -0.39 is 0 Å². The third-order valence-electron chi connectivity index (χ3n) is 2.96. The zero-order valence-corrected chi connectivity index (χ0v) is 11.4. The Balaban J connectivity index is 2.14. The molecule has 0 bridgehead atoms. The van der Waals surface area contributed by atoms with Gasteiger partial charge in [-0.1, -0.05) is 34.1 Å². The highest BCUT2D eigenvalue weighted by molar-refractivity contribution is 9.09. The topological polar surface area (TPSA) is 29.5 Å². The van der Waals surface area contributed by atoms with Crippen LogP contribution in [-0.4, -0.2) is 29.3 Å². The molecule has 1 fully saturated rings. The highest BCUT2D eigenvalue weighted by Gasteiger charge is 2.32. The van der Waals surface area contributed by atoms with Gasteiger partial charge in [0.15, 0.2) is 0 Å². The highest BCUT2D eigenvalue weighted by atomic mass is 79.9. The molecular weight excluding hydrogens is 282 g/mol. The number of nitrogens with zero attached hydrogens (tertiary/aromatic N) is 1. The molecule has 0 radical (unpaired) electrons. The molecule has 0 heterocycles. The predicted molar refractivity (Wildman–Crippen MR) is 70.4 cm³/mol. The predicted octanol–water partition coefficient (Wildman–Crippen LogP) is 2.58. The van der Waals surface area contributed by atoms with Crippen LogP contribution in [0.3, 0.4) is 0 Å². The van der Waals surface area contributed by atoms with Gasteiger partial charge < -0.3 is 9.64 Å². The largest absolute Gasteiger partial charge is 0.496 e. The number of rotatable bonds is 5. The van der Waals surface area contributed by atoms with Gasteiger partial charge in [-0.05, 0) is 18.9 Å². The Morgan fingerprint density at radius 2 is 2.18 bits per heavy atom. The fraction of sp³-hybridized carbons (Fsp3) is 0.462. The number of carbonyl (C=O) groups is 1. The van der Waals surface area contributed by atoms with Crippen molar-refractivity contribution in [2.75, 3.05) is 12.4 Å². The van der Waals surface area contributed by atoms with Crippen LogP contribution < -0.4 is 4.74 Å². The van der Waals surface area contributed by atoms with E-state index in [1.165, 1.54) is 0 Å². The second kappa shape index (κ2) is 5.54. The van der Waals surface area contributed by atoms with Crippen molar-refractivity contribution in [1.29, 1.82) is 0 Å². The molecule has 3 nitrogen and oxygen atoms in total. The van der Waals surface area contributed by atoms with Crippen LogP contribution in [0.4, 0.5) is 0 Å². The van der Waals surface area contributed by atoms with Crippen molar-refractivity contribution in [3.63, 3.8) is 0 Å². The number of hydrogen-bond donors (Lipinski definition) is 0. The zero-order chi connectivity index (χ0) is 12.3. The summed E-state index contributed by atoms with van der Waals surface area (Å²) in [4.78, 5) is 13.8. The van der Waals surface area contributed by atoms with E-state index in [1.54, 1.807) is 7.11 Å². The van der Waals surface area contributed by atoms with Gasteiger partial charge in [-0.3, -0.25) is 4.79 Å². The first-order valence-electron chi connectivity index (χ1n) is 5.73. The summed E-state index contributed by atoms with van der Waals surface area (Å²) in [5, 5.41) is 0.388. The second-order valence-electron chi connectivity index (χ2n) is 4.20. The fourth-order valence-electron chi connectivity index (χ4n) is 1.90. The van der Waals surface area contributed by atoms with Gasteiger partial charge in [0.2, 0.25) is 5.91 Å². The molecule has 0 spiro atoms. The van der Waals surface area contributed by atoms with E-state index in [9.17, 15) is 4.79 Å². The van der Waals surface area contributed by atoms with E-state index in [4.69, 9.17) is 4.74 Å². The first-order chi connectivity index (χ1) is 8.26. The maximum atomic E-state index is 11.8. The Morgan fingerprint density at radius 3 is 2.76 bits per heavy atom. The SMILES string of the molecule is COc1ccccc1CN(C(=O)CBr)C1CC1. The number of alkyl halides is 1. The lowest BCUT2D eigenvalue weighted by molar-refractivity contribution is -0.129. The van der Waals surface area contributed by atoms with Crippen LogP contribution in [0.15, 0.2) is 24.3 Å². The first kappa shape index (κ1) is 12.4. The normalized spacial score (nSPS) is 14.5. The molecule has 17 heavy (non-hydrogen) atoms. The molecule has 0 unspecified atom stereocenters. The summed E-state index contributed by atoms with van der Waals surface area (Å²) in [6, 6.07) is 8.27. The molecule has 1 saturated carbocycles. The summed E-state index contributed by atoms with van der Waals surface area (Å²) >= 11 is 3.24. The molecule has 1 amide bonds. The van der Waals surface area contributed by atoms with Crippen LogP contribution in [-0.2, 0) is 11.3 Å². The second-order valence-corrected chi connectivity index (χ2v) is 4.76. The van der Waals surface area contributed by atoms with Crippen LogP contribution >= 0.6 is 15.9 Å². The smallest absolute Gasteiger partial charge is 0.233 e. The average Bonchev–Trinajstić information content (AvgIpc) is 3.19. The Labute approximate surface area is 110 Å². The molecular formula is C13H16BrNO2. The monoisotopic (exact) mass is 297 g/mol. The summed E-state index contributed by atoms with van der Waals surface area (Å²) in [6.07, 6.45) is 2.24. The number of para-hydroxylation sites is 1. The molecule has 1 aliphatic carbocycles. The maximum Gasteiger partial charge on any atom is 0.233 e. The zero-order valence-electron chi connectivity index (χ0n) is 9.86. The summed E-state index contributed by atoms with van der Waals surface area (Å²) in [5.41, 5.74) is 1.07. The van der Waals surface area contributed by atoms with Crippen LogP contribution in [0.1, 0.15) is 18.4 Å². The summed E-state index contributed by atoms with van der Waals surface area (Å²) in [5.74, 6) is 0.999. The molecule has 4 heteroatoms. The number of benzene rings is 1. The van der Waals surface area contributed by atoms with Crippen LogP contribution in [0, 0.1) is 0 Å². The quantitative estimate of drug-likeness (QED) is 0.782. The molecule has 92 valence electrons. The van der Waals surface area contributed by atoms with Gasteiger partial charge in [0, 0.05) is 18.2 Å². The Hall–Kier alpha value is -1.03. The Morgan fingerprint density at radius 1 is 1.47 bits per heavy atom. The van der Waals surface area contributed by atoms with Gasteiger partial charge in [0.05, 0.1) is 12.4 Å². The van der Waals surface area contributed by atoms with Gasteiger partial charge in [0.25, 0.3) is 0 Å². The first-order valence-corrected chi connectivity index (χ1v) is 6.85. The number of hydrogen-bond acceptors (Lipinski definition) is 2. The molecule has 0 aliphatic heterocycles. The maximum absolute atomic E-state index is 11.8. The van der Waals surface area contributed by atoms with E-state index in [0.717, 1.165) is 24.2 Å². The minimum Gasteiger partial charge on any atom is -0.496 e. The molecule has 1 aliphatic rings. The lowest BCUT2D eigenvalue weighted by Crippen LogP contribution is -2.33. The van der Waals surface area contributed by atoms with Crippen molar-refractivity contribution in [1.82, 2.24) is 4.90 Å². The number of methoxy groups -OCH3 is 1. The average molecular weight is 298 g/mol. The van der Waals surface area contributed by atoms with Crippen molar-refractivity contribution >= 4 is 21.8 Å². The van der Waals surface area contributed by atoms with Gasteiger partial charge in [0.1, 0.15) is 5.75 Å². The minimum atomic E-state index is 0.151. The summed E-state index contributed by atoms with van der Waals surface area (Å²) in [6.45, 7) is 0.638. The van der Waals surface area contributed by atoms with Gasteiger partial charge in [-0.15, -0.1) is 0 Å². The number of amides is 1.